The zero-order chi connectivity index (χ0) is 7.56. The van der Waals surface area contributed by atoms with Gasteiger partial charge in [0, 0.05) is 16.5 Å². The third-order valence-electron chi connectivity index (χ3n) is 1.01. The molecule has 1 rings (SSSR count). The minimum absolute atomic E-state index is 0.253. The van der Waals surface area contributed by atoms with E-state index in [1.54, 1.807) is 0 Å². The molecule has 4 heteroatoms. The molecule has 0 saturated heterocycles. The molecule has 1 aromatic heterocycles. The number of carboxylic acids is 1. The Kier molecular flexibility index (Phi) is 1.82. The predicted octanol–water partition coefficient (Wildman–Crippen LogP) is 1.44. The maximum absolute atomic E-state index is 10.3. The SMILES string of the molecule is N=Cc1cc(C(=O)O)cs1. The highest BCUT2D eigenvalue weighted by molar-refractivity contribution is 7.12. The van der Waals surface area contributed by atoms with Crippen molar-refractivity contribution in [3.8, 4) is 0 Å². The van der Waals surface area contributed by atoms with Gasteiger partial charge in [-0.2, -0.15) is 0 Å². The van der Waals surface area contributed by atoms with Gasteiger partial charge < -0.3 is 10.5 Å². The number of aromatic carboxylic acids is 1. The Labute approximate surface area is 61.4 Å². The summed E-state index contributed by atoms with van der Waals surface area (Å²) in [6.07, 6.45) is 1.14. The molecule has 52 valence electrons. The van der Waals surface area contributed by atoms with Gasteiger partial charge in [0.1, 0.15) is 0 Å². The van der Waals surface area contributed by atoms with Crippen LogP contribution in [0.15, 0.2) is 11.4 Å². The van der Waals surface area contributed by atoms with Crippen LogP contribution in [0.1, 0.15) is 15.2 Å². The molecule has 0 unspecified atom stereocenters. The molecule has 0 spiro atoms. The van der Waals surface area contributed by atoms with E-state index >= 15 is 0 Å². The Bertz CT molecular complexity index is 266. The lowest BCUT2D eigenvalue weighted by Gasteiger charge is -1.80. The smallest absolute Gasteiger partial charge is 0.336 e. The zero-order valence-electron chi connectivity index (χ0n) is 5.00. The Balaban J connectivity index is 2.98. The van der Waals surface area contributed by atoms with E-state index in [1.165, 1.54) is 22.8 Å². The third kappa shape index (κ3) is 1.22. The van der Waals surface area contributed by atoms with Gasteiger partial charge in [-0.3, -0.25) is 0 Å². The Morgan fingerprint density at radius 3 is 2.80 bits per heavy atom. The molecule has 0 fully saturated rings. The number of carbonyl (C=O) groups is 1. The van der Waals surface area contributed by atoms with Crippen LogP contribution in [-0.2, 0) is 0 Å². The summed E-state index contributed by atoms with van der Waals surface area (Å²) < 4.78 is 0. The lowest BCUT2D eigenvalue weighted by molar-refractivity contribution is 0.0697. The molecule has 0 aromatic carbocycles. The average Bonchev–Trinajstić information content (AvgIpc) is 2.34. The van der Waals surface area contributed by atoms with Gasteiger partial charge in [-0.05, 0) is 6.07 Å². The van der Waals surface area contributed by atoms with Crippen LogP contribution in [0.25, 0.3) is 0 Å². The van der Waals surface area contributed by atoms with Crippen molar-refractivity contribution in [3.63, 3.8) is 0 Å². The summed E-state index contributed by atoms with van der Waals surface area (Å²) >= 11 is 1.25. The molecule has 0 aliphatic rings. The zero-order valence-corrected chi connectivity index (χ0v) is 5.81. The molecule has 0 aliphatic heterocycles. The standard InChI is InChI=1S/C6H5NO2S/c7-2-5-1-4(3-10-5)6(8)9/h1-3,7H,(H,8,9). The van der Waals surface area contributed by atoms with Crippen LogP contribution in [-0.4, -0.2) is 17.3 Å². The summed E-state index contributed by atoms with van der Waals surface area (Å²) in [5.41, 5.74) is 0.253. The second-order valence-corrected chi connectivity index (χ2v) is 2.63. The second kappa shape index (κ2) is 2.62. The molecule has 1 heterocycles. The minimum Gasteiger partial charge on any atom is -0.478 e. The number of nitrogens with one attached hydrogen (secondary N) is 1. The molecular weight excluding hydrogens is 150 g/mol. The number of thiophene rings is 1. The first-order valence-electron chi connectivity index (χ1n) is 2.56. The van der Waals surface area contributed by atoms with Gasteiger partial charge in [0.05, 0.1) is 5.56 Å². The highest BCUT2D eigenvalue weighted by Crippen LogP contribution is 2.11. The van der Waals surface area contributed by atoms with Gasteiger partial charge in [-0.25, -0.2) is 4.79 Å². The van der Waals surface area contributed by atoms with E-state index in [0.717, 1.165) is 6.21 Å². The van der Waals surface area contributed by atoms with Crippen molar-refractivity contribution in [1.82, 2.24) is 0 Å². The molecule has 0 amide bonds. The maximum Gasteiger partial charge on any atom is 0.336 e. The molecule has 0 saturated carbocycles. The van der Waals surface area contributed by atoms with Crippen molar-refractivity contribution >= 4 is 23.5 Å². The van der Waals surface area contributed by atoms with Gasteiger partial charge >= 0.3 is 5.97 Å². The number of rotatable bonds is 2. The highest BCUT2D eigenvalue weighted by atomic mass is 32.1. The molecule has 2 N–H and O–H groups in total. The summed E-state index contributed by atoms with van der Waals surface area (Å²) in [5.74, 6) is -0.940. The lowest BCUT2D eigenvalue weighted by Crippen LogP contribution is -1.91. The van der Waals surface area contributed by atoms with Gasteiger partial charge in [-0.1, -0.05) is 0 Å². The lowest BCUT2D eigenvalue weighted by atomic mass is 10.3. The van der Waals surface area contributed by atoms with Crippen LogP contribution < -0.4 is 0 Å². The van der Waals surface area contributed by atoms with Crippen LogP contribution >= 0.6 is 11.3 Å². The van der Waals surface area contributed by atoms with Crippen molar-refractivity contribution in [2.75, 3.05) is 0 Å². The Morgan fingerprint density at radius 1 is 1.80 bits per heavy atom. The van der Waals surface area contributed by atoms with Gasteiger partial charge in [0.25, 0.3) is 0 Å². The monoisotopic (exact) mass is 155 g/mol. The second-order valence-electron chi connectivity index (χ2n) is 1.69. The Morgan fingerprint density at radius 2 is 2.50 bits per heavy atom. The van der Waals surface area contributed by atoms with Gasteiger partial charge in [0.15, 0.2) is 0 Å². The fourth-order valence-electron chi connectivity index (χ4n) is 0.541. The van der Waals surface area contributed by atoms with Crippen LogP contribution in [0.5, 0.6) is 0 Å². The average molecular weight is 155 g/mol. The van der Waals surface area contributed by atoms with Crippen molar-refractivity contribution in [1.29, 1.82) is 5.41 Å². The minimum atomic E-state index is -0.940. The normalized spacial score (nSPS) is 9.20. The van der Waals surface area contributed by atoms with Gasteiger partial charge in [-0.15, -0.1) is 11.3 Å². The first-order chi connectivity index (χ1) is 4.74. The van der Waals surface area contributed by atoms with E-state index in [4.69, 9.17) is 10.5 Å². The molecular formula is C6H5NO2S. The summed E-state index contributed by atoms with van der Waals surface area (Å²) in [5, 5.41) is 16.7. The van der Waals surface area contributed by atoms with Crippen molar-refractivity contribution in [2.24, 2.45) is 0 Å². The Hall–Kier alpha value is -1.16. The van der Waals surface area contributed by atoms with E-state index < -0.39 is 5.97 Å². The fraction of sp³-hybridized carbons (Fsp3) is 0. The van der Waals surface area contributed by atoms with Crippen LogP contribution in [0.3, 0.4) is 0 Å². The third-order valence-corrected chi connectivity index (χ3v) is 1.89. The molecule has 3 nitrogen and oxygen atoms in total. The van der Waals surface area contributed by atoms with E-state index in [1.807, 2.05) is 0 Å². The topological polar surface area (TPSA) is 61.2 Å². The van der Waals surface area contributed by atoms with E-state index in [0.29, 0.717) is 4.88 Å². The van der Waals surface area contributed by atoms with E-state index in [9.17, 15) is 4.79 Å². The number of hydrogen-bond acceptors (Lipinski definition) is 3. The quantitative estimate of drug-likeness (QED) is 0.635. The summed E-state index contributed by atoms with van der Waals surface area (Å²) in [6.45, 7) is 0. The molecule has 1 aromatic rings. The molecule has 0 radical (unpaired) electrons. The van der Waals surface area contributed by atoms with Crippen LogP contribution in [0, 0.1) is 5.41 Å². The van der Waals surface area contributed by atoms with E-state index in [2.05, 4.69) is 0 Å². The highest BCUT2D eigenvalue weighted by Gasteiger charge is 2.03. The van der Waals surface area contributed by atoms with E-state index in [-0.39, 0.29) is 5.56 Å². The molecule has 10 heavy (non-hydrogen) atoms. The molecule has 0 aliphatic carbocycles. The summed E-state index contributed by atoms with van der Waals surface area (Å²) in [7, 11) is 0. The van der Waals surface area contributed by atoms with Crippen molar-refractivity contribution in [3.05, 3.63) is 21.9 Å². The fourth-order valence-corrected chi connectivity index (χ4v) is 1.24. The predicted molar refractivity (Wildman–Crippen MR) is 39.2 cm³/mol. The first-order valence-corrected chi connectivity index (χ1v) is 3.44. The van der Waals surface area contributed by atoms with Crippen LogP contribution in [0.2, 0.25) is 0 Å². The molecule has 0 atom stereocenters. The number of carboxylic acid groups (broad SMARTS) is 1. The largest absolute Gasteiger partial charge is 0.478 e. The van der Waals surface area contributed by atoms with Crippen LogP contribution in [0.4, 0.5) is 0 Å². The number of hydrogen-bond donors (Lipinski definition) is 2. The van der Waals surface area contributed by atoms with Crippen molar-refractivity contribution < 1.29 is 9.90 Å². The van der Waals surface area contributed by atoms with Crippen molar-refractivity contribution in [2.45, 2.75) is 0 Å². The summed E-state index contributed by atoms with van der Waals surface area (Å²) in [6, 6.07) is 1.47. The van der Waals surface area contributed by atoms with Gasteiger partial charge in [0.2, 0.25) is 0 Å². The maximum atomic E-state index is 10.3. The first kappa shape index (κ1) is 6.95. The summed E-state index contributed by atoms with van der Waals surface area (Å²) in [4.78, 5) is 10.9. The molecule has 0 bridgehead atoms.